The van der Waals surface area contributed by atoms with E-state index in [0.29, 0.717) is 40.4 Å². The number of pyridine rings is 1. The van der Waals surface area contributed by atoms with Crippen LogP contribution in [0.1, 0.15) is 23.0 Å². The summed E-state index contributed by atoms with van der Waals surface area (Å²) in [6.45, 7) is 4.11. The topological polar surface area (TPSA) is 86.1 Å². The molecule has 0 aliphatic rings. The van der Waals surface area contributed by atoms with E-state index in [9.17, 15) is 9.59 Å². The molecule has 128 valence electrons. The fourth-order valence-electron chi connectivity index (χ4n) is 2.61. The molecule has 0 radical (unpaired) electrons. The highest BCUT2D eigenvalue weighted by Crippen LogP contribution is 2.16. The number of rotatable bonds is 4. The van der Waals surface area contributed by atoms with Crippen molar-refractivity contribution < 1.29 is 9.53 Å². The quantitative estimate of drug-likeness (QED) is 0.789. The minimum atomic E-state index is -0.275. The predicted octanol–water partition coefficient (Wildman–Crippen LogP) is 2.38. The number of carbonyl (C=O) groups excluding carboxylic acids is 1. The molecule has 0 aliphatic carbocycles. The second-order valence-corrected chi connectivity index (χ2v) is 5.49. The Balaban J connectivity index is 1.94. The number of amides is 1. The highest BCUT2D eigenvalue weighted by molar-refractivity contribution is 6.05. The van der Waals surface area contributed by atoms with Crippen LogP contribution in [-0.2, 0) is 6.54 Å². The molecule has 2 aromatic heterocycles. The molecule has 0 unspecified atom stereocenters. The van der Waals surface area contributed by atoms with Gasteiger partial charge in [-0.05, 0) is 38.1 Å². The van der Waals surface area contributed by atoms with E-state index in [0.717, 1.165) is 0 Å². The average molecular weight is 338 g/mol. The van der Waals surface area contributed by atoms with Crippen LogP contribution in [0.15, 0.2) is 41.3 Å². The number of nitrogens with zero attached hydrogens (tertiary/aromatic N) is 3. The molecule has 25 heavy (non-hydrogen) atoms. The number of hydrogen-bond donors (Lipinski definition) is 1. The number of nitrogens with one attached hydrogen (secondary N) is 1. The van der Waals surface area contributed by atoms with Gasteiger partial charge >= 0.3 is 0 Å². The highest BCUT2D eigenvalue weighted by Gasteiger charge is 2.11. The Bertz CT molecular complexity index is 994. The molecule has 0 bridgehead atoms. The normalized spacial score (nSPS) is 10.7. The summed E-state index contributed by atoms with van der Waals surface area (Å²) in [5, 5.41) is 2.78. The number of methoxy groups -OCH3 is 1. The van der Waals surface area contributed by atoms with Crippen LogP contribution in [0.25, 0.3) is 11.0 Å². The van der Waals surface area contributed by atoms with Crippen molar-refractivity contribution in [2.45, 2.75) is 20.4 Å². The lowest BCUT2D eigenvalue weighted by molar-refractivity contribution is 0.102. The standard InChI is InChI=1S/C18H18N4O3/c1-4-22-15-7-5-12(9-14(15)20-11(2)18(22)24)17(23)21-13-6-8-16(25-3)19-10-13/h5-10H,4H2,1-3H3,(H,21,23). The first-order chi connectivity index (χ1) is 12.0. The lowest BCUT2D eigenvalue weighted by atomic mass is 10.1. The molecule has 0 atom stereocenters. The van der Waals surface area contributed by atoms with E-state index in [1.165, 1.54) is 13.3 Å². The number of fused-ring (bicyclic) bond motifs is 1. The first kappa shape index (κ1) is 16.6. The number of carbonyl (C=O) groups is 1. The molecule has 0 saturated carbocycles. The molecule has 0 spiro atoms. The van der Waals surface area contributed by atoms with E-state index in [-0.39, 0.29) is 11.5 Å². The number of aromatic nitrogens is 3. The summed E-state index contributed by atoms with van der Waals surface area (Å²) in [7, 11) is 1.53. The van der Waals surface area contributed by atoms with Crippen molar-refractivity contribution in [1.29, 1.82) is 0 Å². The van der Waals surface area contributed by atoms with Crippen LogP contribution in [0.3, 0.4) is 0 Å². The number of benzene rings is 1. The zero-order chi connectivity index (χ0) is 18.0. The van der Waals surface area contributed by atoms with Crippen LogP contribution in [0.5, 0.6) is 5.88 Å². The number of anilines is 1. The Morgan fingerprint density at radius 1 is 1.28 bits per heavy atom. The summed E-state index contributed by atoms with van der Waals surface area (Å²) in [6, 6.07) is 8.48. The van der Waals surface area contributed by atoms with Crippen LogP contribution >= 0.6 is 0 Å². The van der Waals surface area contributed by atoms with E-state index in [2.05, 4.69) is 15.3 Å². The fourth-order valence-corrected chi connectivity index (χ4v) is 2.61. The van der Waals surface area contributed by atoms with Gasteiger partial charge in [-0.2, -0.15) is 0 Å². The third-order valence-electron chi connectivity index (χ3n) is 3.89. The van der Waals surface area contributed by atoms with Gasteiger partial charge in [-0.3, -0.25) is 9.59 Å². The van der Waals surface area contributed by atoms with E-state index in [1.807, 2.05) is 6.92 Å². The second kappa shape index (κ2) is 6.72. The van der Waals surface area contributed by atoms with Gasteiger partial charge in [0.1, 0.15) is 5.69 Å². The van der Waals surface area contributed by atoms with Crippen LogP contribution in [0.4, 0.5) is 5.69 Å². The van der Waals surface area contributed by atoms with Gasteiger partial charge in [-0.1, -0.05) is 0 Å². The molecular formula is C18H18N4O3. The summed E-state index contributed by atoms with van der Waals surface area (Å²) in [5.74, 6) is 0.198. The first-order valence-electron chi connectivity index (χ1n) is 7.86. The van der Waals surface area contributed by atoms with Gasteiger partial charge < -0.3 is 14.6 Å². The van der Waals surface area contributed by atoms with E-state index >= 15 is 0 Å². The van der Waals surface area contributed by atoms with Crippen molar-refractivity contribution in [3.63, 3.8) is 0 Å². The third kappa shape index (κ3) is 3.21. The number of ether oxygens (including phenoxy) is 1. The monoisotopic (exact) mass is 338 g/mol. The van der Waals surface area contributed by atoms with E-state index < -0.39 is 0 Å². The molecular weight excluding hydrogens is 320 g/mol. The maximum Gasteiger partial charge on any atom is 0.272 e. The van der Waals surface area contributed by atoms with E-state index in [4.69, 9.17) is 4.74 Å². The smallest absolute Gasteiger partial charge is 0.272 e. The SMILES string of the molecule is CCn1c(=O)c(C)nc2cc(C(=O)Nc3ccc(OC)nc3)ccc21. The van der Waals surface area contributed by atoms with Crippen molar-refractivity contribution in [2.75, 3.05) is 12.4 Å². The zero-order valence-electron chi connectivity index (χ0n) is 14.2. The average Bonchev–Trinajstić information content (AvgIpc) is 2.63. The molecule has 3 rings (SSSR count). The van der Waals surface area contributed by atoms with Crippen molar-refractivity contribution in [3.05, 3.63) is 58.1 Å². The molecule has 1 N–H and O–H groups in total. The van der Waals surface area contributed by atoms with Crippen molar-refractivity contribution in [1.82, 2.24) is 14.5 Å². The Labute approximate surface area is 144 Å². The van der Waals surface area contributed by atoms with Crippen LogP contribution in [0, 0.1) is 6.92 Å². The van der Waals surface area contributed by atoms with Gasteiger partial charge in [-0.25, -0.2) is 9.97 Å². The van der Waals surface area contributed by atoms with Gasteiger partial charge in [0.15, 0.2) is 0 Å². The van der Waals surface area contributed by atoms with Gasteiger partial charge in [0.25, 0.3) is 11.5 Å². The Morgan fingerprint density at radius 3 is 2.72 bits per heavy atom. The molecule has 7 nitrogen and oxygen atoms in total. The zero-order valence-corrected chi connectivity index (χ0v) is 14.2. The molecule has 3 aromatic rings. The molecule has 1 aromatic carbocycles. The molecule has 0 saturated heterocycles. The molecule has 7 heteroatoms. The van der Waals surface area contributed by atoms with Gasteiger partial charge in [0.2, 0.25) is 5.88 Å². The summed E-state index contributed by atoms with van der Waals surface area (Å²) in [5.41, 5.74) is 2.63. The van der Waals surface area contributed by atoms with Crippen LogP contribution in [-0.4, -0.2) is 27.6 Å². The Kier molecular flexibility index (Phi) is 4.47. The predicted molar refractivity (Wildman–Crippen MR) is 95.2 cm³/mol. The molecule has 1 amide bonds. The van der Waals surface area contributed by atoms with Crippen LogP contribution in [0.2, 0.25) is 0 Å². The largest absolute Gasteiger partial charge is 0.481 e. The number of hydrogen-bond acceptors (Lipinski definition) is 5. The minimum absolute atomic E-state index is 0.114. The lowest BCUT2D eigenvalue weighted by Crippen LogP contribution is -2.23. The molecule has 2 heterocycles. The lowest BCUT2D eigenvalue weighted by Gasteiger charge is -2.10. The summed E-state index contributed by atoms with van der Waals surface area (Å²) in [6.07, 6.45) is 1.52. The maximum atomic E-state index is 12.5. The van der Waals surface area contributed by atoms with E-state index in [1.54, 1.807) is 41.8 Å². The summed E-state index contributed by atoms with van der Waals surface area (Å²) < 4.78 is 6.64. The highest BCUT2D eigenvalue weighted by atomic mass is 16.5. The summed E-state index contributed by atoms with van der Waals surface area (Å²) in [4.78, 5) is 32.9. The van der Waals surface area contributed by atoms with Gasteiger partial charge in [-0.15, -0.1) is 0 Å². The molecule has 0 fully saturated rings. The Morgan fingerprint density at radius 2 is 2.08 bits per heavy atom. The molecule has 0 aliphatic heterocycles. The third-order valence-corrected chi connectivity index (χ3v) is 3.89. The number of aryl methyl sites for hydroxylation is 2. The van der Waals surface area contributed by atoms with Gasteiger partial charge in [0, 0.05) is 18.2 Å². The van der Waals surface area contributed by atoms with Crippen molar-refractivity contribution >= 4 is 22.6 Å². The summed E-state index contributed by atoms with van der Waals surface area (Å²) >= 11 is 0. The Hall–Kier alpha value is -3.22. The maximum absolute atomic E-state index is 12.5. The first-order valence-corrected chi connectivity index (χ1v) is 7.86. The minimum Gasteiger partial charge on any atom is -0.481 e. The fraction of sp³-hybridized carbons (Fsp3) is 0.222. The van der Waals surface area contributed by atoms with Crippen LogP contribution < -0.4 is 15.6 Å². The second-order valence-electron chi connectivity index (χ2n) is 5.49. The van der Waals surface area contributed by atoms with Crippen molar-refractivity contribution in [3.8, 4) is 5.88 Å². The van der Waals surface area contributed by atoms with Crippen molar-refractivity contribution in [2.24, 2.45) is 0 Å². The van der Waals surface area contributed by atoms with Gasteiger partial charge in [0.05, 0.1) is 30.0 Å².